The van der Waals surface area contributed by atoms with Crippen LogP contribution >= 0.6 is 11.3 Å². The molecule has 3 N–H and O–H groups in total. The van der Waals surface area contributed by atoms with Crippen molar-refractivity contribution in [3.63, 3.8) is 0 Å². The number of amides is 1. The molecule has 0 spiro atoms. The van der Waals surface area contributed by atoms with E-state index in [-0.39, 0.29) is 18.0 Å². The second-order valence-electron chi connectivity index (χ2n) is 11.1. The maximum Gasteiger partial charge on any atom is 0.333 e. The molecule has 11 nitrogen and oxygen atoms in total. The van der Waals surface area contributed by atoms with E-state index in [2.05, 4.69) is 5.10 Å². The predicted octanol–water partition coefficient (Wildman–Crippen LogP) is 3.15. The van der Waals surface area contributed by atoms with Crippen LogP contribution in [-0.2, 0) is 21.6 Å². The third kappa shape index (κ3) is 5.27. The molecule has 1 aromatic carbocycles. The number of rotatable bonds is 9. The van der Waals surface area contributed by atoms with Gasteiger partial charge in [0.1, 0.15) is 33.0 Å². The van der Waals surface area contributed by atoms with Gasteiger partial charge in [-0.3, -0.25) is 14.2 Å². The van der Waals surface area contributed by atoms with Gasteiger partial charge in [0, 0.05) is 23.5 Å². The van der Waals surface area contributed by atoms with Crippen LogP contribution in [0.15, 0.2) is 46.2 Å². The first-order valence-electron chi connectivity index (χ1n) is 13.7. The Morgan fingerprint density at radius 2 is 1.98 bits per heavy atom. The van der Waals surface area contributed by atoms with Crippen molar-refractivity contribution < 1.29 is 23.8 Å². The first-order chi connectivity index (χ1) is 19.9. The van der Waals surface area contributed by atoms with Crippen molar-refractivity contribution in [3.05, 3.63) is 74.4 Å². The largest absolute Gasteiger partial charge is 0.496 e. The van der Waals surface area contributed by atoms with E-state index >= 15 is 0 Å². The lowest BCUT2D eigenvalue weighted by molar-refractivity contribution is -0.125. The standard InChI is InChI=1S/C29H34FN5O6S/c1-16-23-24(37)35(29(2,3)27(31)38)28(39)33(26(23)42-25(16)34-13-5-12-32-34)15-22(41-19-9-7-18(36)8-10-19)20-14-17(30)6-11-21(20)40-4/h5-6,11-14,18-19,22,36H,7-10,15H2,1-4H3,(H2,31,38)/t18?,19?,22-/m0/s1. The molecule has 1 amide bonds. The van der Waals surface area contributed by atoms with Gasteiger partial charge in [0.05, 0.1) is 31.2 Å². The number of methoxy groups -OCH3 is 1. The van der Waals surface area contributed by atoms with Gasteiger partial charge in [0.2, 0.25) is 5.91 Å². The minimum Gasteiger partial charge on any atom is -0.496 e. The van der Waals surface area contributed by atoms with Gasteiger partial charge in [-0.05, 0) is 70.7 Å². The second-order valence-corrected chi connectivity index (χ2v) is 12.0. The Labute approximate surface area is 244 Å². The highest BCUT2D eigenvalue weighted by molar-refractivity contribution is 7.21. The number of nitrogens with zero attached hydrogens (tertiary/aromatic N) is 4. The Kier molecular flexibility index (Phi) is 8.10. The minimum atomic E-state index is -1.66. The number of hydrogen-bond donors (Lipinski definition) is 2. The summed E-state index contributed by atoms with van der Waals surface area (Å²) in [5.41, 5.74) is 3.58. The Hall–Kier alpha value is -3.81. The van der Waals surface area contributed by atoms with Crippen LogP contribution in [0.3, 0.4) is 0 Å². The highest BCUT2D eigenvalue weighted by Gasteiger charge is 2.35. The number of aliphatic hydroxyl groups excluding tert-OH is 1. The summed E-state index contributed by atoms with van der Waals surface area (Å²) in [4.78, 5) is 41.0. The average Bonchev–Trinajstić information content (AvgIpc) is 3.59. The molecule has 0 saturated heterocycles. The smallest absolute Gasteiger partial charge is 0.333 e. The Bertz CT molecular complexity index is 1730. The van der Waals surface area contributed by atoms with Gasteiger partial charge >= 0.3 is 5.69 Å². The van der Waals surface area contributed by atoms with Crippen LogP contribution in [0.4, 0.5) is 4.39 Å². The molecule has 1 aliphatic rings. The molecule has 1 saturated carbocycles. The number of carbonyl (C=O) groups is 1. The van der Waals surface area contributed by atoms with Gasteiger partial charge in [-0.2, -0.15) is 5.10 Å². The highest BCUT2D eigenvalue weighted by atomic mass is 32.1. The number of benzene rings is 1. The van der Waals surface area contributed by atoms with E-state index in [0.29, 0.717) is 52.4 Å². The van der Waals surface area contributed by atoms with Gasteiger partial charge in [-0.25, -0.2) is 18.4 Å². The molecular formula is C29H34FN5O6S. The third-order valence-electron chi connectivity index (χ3n) is 7.95. The van der Waals surface area contributed by atoms with E-state index in [4.69, 9.17) is 15.2 Å². The molecule has 0 bridgehead atoms. The maximum absolute atomic E-state index is 14.6. The number of halogens is 1. The van der Waals surface area contributed by atoms with Crippen molar-refractivity contribution in [1.29, 1.82) is 0 Å². The number of nitrogens with two attached hydrogens (primary N) is 1. The van der Waals surface area contributed by atoms with Crippen LogP contribution in [-0.4, -0.2) is 49.2 Å². The first kappa shape index (κ1) is 29.7. The molecule has 0 aliphatic heterocycles. The molecule has 4 aromatic rings. The topological polar surface area (TPSA) is 144 Å². The fourth-order valence-electron chi connectivity index (χ4n) is 5.46. The third-order valence-corrected chi connectivity index (χ3v) is 9.25. The molecule has 1 aliphatic carbocycles. The van der Waals surface area contributed by atoms with E-state index in [1.54, 1.807) is 30.1 Å². The number of primary amides is 1. The Morgan fingerprint density at radius 3 is 2.60 bits per heavy atom. The van der Waals surface area contributed by atoms with Crippen LogP contribution in [0.2, 0.25) is 0 Å². The molecule has 0 radical (unpaired) electrons. The molecule has 1 fully saturated rings. The number of aryl methyl sites for hydroxylation is 1. The average molecular weight is 600 g/mol. The Balaban J connectivity index is 1.75. The number of aliphatic hydroxyl groups is 1. The number of fused-ring (bicyclic) bond motifs is 1. The van der Waals surface area contributed by atoms with Gasteiger partial charge in [0.25, 0.3) is 5.56 Å². The molecule has 3 aromatic heterocycles. The van der Waals surface area contributed by atoms with Crippen molar-refractivity contribution in [1.82, 2.24) is 18.9 Å². The van der Waals surface area contributed by atoms with Gasteiger partial charge in [-0.15, -0.1) is 0 Å². The number of carbonyl (C=O) groups excluding carboxylic acids is 1. The Morgan fingerprint density at radius 1 is 1.26 bits per heavy atom. The van der Waals surface area contributed by atoms with Crippen molar-refractivity contribution >= 4 is 27.5 Å². The van der Waals surface area contributed by atoms with Gasteiger partial charge in [-0.1, -0.05) is 11.3 Å². The van der Waals surface area contributed by atoms with Crippen LogP contribution in [0.1, 0.15) is 56.8 Å². The van der Waals surface area contributed by atoms with Crippen molar-refractivity contribution in [2.24, 2.45) is 5.73 Å². The zero-order valence-corrected chi connectivity index (χ0v) is 24.7. The first-order valence-corrected chi connectivity index (χ1v) is 14.5. The van der Waals surface area contributed by atoms with Gasteiger partial charge < -0.3 is 20.3 Å². The molecule has 3 heterocycles. The molecule has 13 heteroatoms. The summed E-state index contributed by atoms with van der Waals surface area (Å²) >= 11 is 1.20. The van der Waals surface area contributed by atoms with Crippen molar-refractivity contribution in [3.8, 4) is 10.8 Å². The van der Waals surface area contributed by atoms with E-state index in [0.717, 1.165) is 4.57 Å². The van der Waals surface area contributed by atoms with Crippen LogP contribution in [0.25, 0.3) is 15.2 Å². The summed E-state index contributed by atoms with van der Waals surface area (Å²) in [7, 11) is 1.46. The number of hydrogen-bond acceptors (Lipinski definition) is 8. The lowest BCUT2D eigenvalue weighted by Gasteiger charge is -2.31. The fraction of sp³-hybridized carbons (Fsp3) is 0.448. The van der Waals surface area contributed by atoms with E-state index in [1.165, 1.54) is 55.1 Å². The number of aromatic nitrogens is 4. The van der Waals surface area contributed by atoms with Crippen LogP contribution < -0.4 is 21.7 Å². The quantitative estimate of drug-likeness (QED) is 0.301. The molecule has 5 rings (SSSR count). The van der Waals surface area contributed by atoms with Crippen molar-refractivity contribution in [2.45, 2.75) is 76.9 Å². The lowest BCUT2D eigenvalue weighted by Crippen LogP contribution is -2.54. The van der Waals surface area contributed by atoms with Crippen LogP contribution in [0, 0.1) is 12.7 Å². The van der Waals surface area contributed by atoms with Crippen LogP contribution in [0.5, 0.6) is 5.75 Å². The minimum absolute atomic E-state index is 0.123. The number of ether oxygens (including phenoxy) is 2. The monoisotopic (exact) mass is 599 g/mol. The summed E-state index contributed by atoms with van der Waals surface area (Å²) in [6.07, 6.45) is 4.03. The molecular weight excluding hydrogens is 565 g/mol. The molecule has 0 unspecified atom stereocenters. The molecule has 224 valence electrons. The van der Waals surface area contributed by atoms with Crippen molar-refractivity contribution in [2.75, 3.05) is 7.11 Å². The normalized spacial score (nSPS) is 18.3. The summed E-state index contributed by atoms with van der Waals surface area (Å²) in [5.74, 6) is -0.996. The van der Waals surface area contributed by atoms with E-state index in [9.17, 15) is 23.9 Å². The summed E-state index contributed by atoms with van der Waals surface area (Å²) < 4.78 is 30.6. The maximum atomic E-state index is 14.6. The zero-order valence-electron chi connectivity index (χ0n) is 23.9. The number of thiophene rings is 1. The molecule has 42 heavy (non-hydrogen) atoms. The molecule has 1 atom stereocenters. The van der Waals surface area contributed by atoms with Gasteiger partial charge in [0.15, 0.2) is 0 Å². The van der Waals surface area contributed by atoms with E-state index in [1.807, 2.05) is 0 Å². The predicted molar refractivity (Wildman–Crippen MR) is 156 cm³/mol. The summed E-state index contributed by atoms with van der Waals surface area (Å²) in [6, 6.07) is 5.82. The van der Waals surface area contributed by atoms with E-state index < -0.39 is 40.7 Å². The summed E-state index contributed by atoms with van der Waals surface area (Å²) in [6.45, 7) is 4.47. The zero-order chi connectivity index (χ0) is 30.3. The lowest BCUT2D eigenvalue weighted by atomic mass is 9.94. The fourth-order valence-corrected chi connectivity index (χ4v) is 6.70. The SMILES string of the molecule is COc1ccc(F)cc1[C@H](Cn1c(=O)n(C(C)(C)C(N)=O)c(=O)c2c(C)c(-n3cccn3)sc21)OC1CCC(O)CC1. The summed E-state index contributed by atoms with van der Waals surface area (Å²) in [5, 5.41) is 15.2. The highest BCUT2D eigenvalue weighted by Crippen LogP contribution is 2.36. The second kappa shape index (κ2) is 11.5.